The standard InChI is InChI=1S/C51H85NO3/c1-5-9-13-16-19-22-24-27-30-35-40-51(39-34-29-26-21-18-15-11-7-3)45-37-32-33-38-46(45)52(41-36-31-28-25-23-20-17-14-10-6-2)47(51)43-44-48(53)49(54)50(44)55-42-12-8-4/h32-33,37-38,43H,5-31,34-36,39-42H2,1-4H3. The normalized spacial score (nSPS) is 16.1. The Kier molecular flexibility index (Phi) is 24.7. The van der Waals surface area contributed by atoms with Crippen LogP contribution in [0.1, 0.15) is 244 Å². The number of para-hydroxylation sites is 1. The SMILES string of the molecule is CCCCCCCCCCCCN1C(=Cc2c(OCCCC)c(=O)c2=O)C(CCCCCCCCCC)(CCCCCCCCCCCC)c2ccccc21. The van der Waals surface area contributed by atoms with E-state index in [4.69, 9.17) is 4.74 Å². The average molecular weight is 760 g/mol. The summed E-state index contributed by atoms with van der Waals surface area (Å²) < 4.78 is 6.04. The zero-order valence-corrected chi connectivity index (χ0v) is 36.6. The number of rotatable bonds is 36. The van der Waals surface area contributed by atoms with Crippen LogP contribution in [-0.2, 0) is 5.41 Å². The van der Waals surface area contributed by atoms with E-state index in [0.717, 1.165) is 38.6 Å². The van der Waals surface area contributed by atoms with Crippen LogP contribution in [0, 0.1) is 0 Å². The third-order valence-electron chi connectivity index (χ3n) is 12.6. The molecule has 0 radical (unpaired) electrons. The van der Waals surface area contributed by atoms with Gasteiger partial charge in [0.25, 0.3) is 5.43 Å². The Morgan fingerprint density at radius 1 is 0.509 bits per heavy atom. The van der Waals surface area contributed by atoms with Crippen LogP contribution in [0.3, 0.4) is 0 Å². The molecule has 0 N–H and O–H groups in total. The van der Waals surface area contributed by atoms with Crippen molar-refractivity contribution < 1.29 is 4.74 Å². The van der Waals surface area contributed by atoms with E-state index in [1.165, 1.54) is 190 Å². The van der Waals surface area contributed by atoms with Crippen molar-refractivity contribution in [2.75, 3.05) is 18.1 Å². The minimum atomic E-state index is -0.442. The number of hydrogen-bond acceptors (Lipinski definition) is 4. The molecular weight excluding hydrogens is 675 g/mol. The van der Waals surface area contributed by atoms with E-state index in [0.29, 0.717) is 17.9 Å². The van der Waals surface area contributed by atoms with Gasteiger partial charge in [0, 0.05) is 23.3 Å². The number of benzene rings is 1. The molecule has 312 valence electrons. The molecule has 3 rings (SSSR count). The molecule has 0 aromatic heterocycles. The van der Waals surface area contributed by atoms with Crippen LogP contribution in [-0.4, -0.2) is 13.2 Å². The zero-order chi connectivity index (χ0) is 39.4. The number of allylic oxidation sites excluding steroid dienone is 1. The van der Waals surface area contributed by atoms with Gasteiger partial charge in [-0.1, -0.05) is 226 Å². The molecule has 0 bridgehead atoms. The molecular formula is C51H85NO3. The summed E-state index contributed by atoms with van der Waals surface area (Å²) in [5.41, 5.74) is 3.58. The van der Waals surface area contributed by atoms with Crippen molar-refractivity contribution in [1.82, 2.24) is 0 Å². The van der Waals surface area contributed by atoms with Crippen molar-refractivity contribution in [3.05, 3.63) is 61.5 Å². The first-order valence-corrected chi connectivity index (χ1v) is 24.1. The number of fused-ring (bicyclic) bond motifs is 1. The first-order valence-electron chi connectivity index (χ1n) is 24.1. The van der Waals surface area contributed by atoms with Crippen LogP contribution in [0.5, 0.6) is 5.75 Å². The van der Waals surface area contributed by atoms with Gasteiger partial charge < -0.3 is 9.64 Å². The van der Waals surface area contributed by atoms with Crippen LogP contribution in [0.2, 0.25) is 0 Å². The van der Waals surface area contributed by atoms with Gasteiger partial charge in [0.1, 0.15) is 0 Å². The fraction of sp³-hybridized carbons (Fsp3) is 0.765. The Balaban J connectivity index is 1.85. The molecule has 4 heteroatoms. The molecule has 0 saturated carbocycles. The number of nitrogens with zero attached hydrogens (tertiary/aromatic N) is 1. The van der Waals surface area contributed by atoms with E-state index in [1.807, 2.05) is 0 Å². The first-order chi connectivity index (χ1) is 27.1. The highest BCUT2D eigenvalue weighted by Crippen LogP contribution is 2.54. The number of hydrogen-bond donors (Lipinski definition) is 0. The second-order valence-electron chi connectivity index (χ2n) is 17.2. The van der Waals surface area contributed by atoms with Gasteiger partial charge in [-0.2, -0.15) is 0 Å². The maximum absolute atomic E-state index is 13.3. The molecule has 55 heavy (non-hydrogen) atoms. The van der Waals surface area contributed by atoms with Crippen molar-refractivity contribution >= 4 is 11.8 Å². The van der Waals surface area contributed by atoms with Crippen LogP contribution in [0.15, 0.2) is 39.6 Å². The van der Waals surface area contributed by atoms with Crippen LogP contribution in [0.4, 0.5) is 5.69 Å². The summed E-state index contributed by atoms with van der Waals surface area (Å²) in [5, 5.41) is 0. The maximum atomic E-state index is 13.3. The van der Waals surface area contributed by atoms with Crippen LogP contribution in [0.25, 0.3) is 6.08 Å². The minimum absolute atomic E-state index is 0.155. The molecule has 0 fully saturated rings. The summed E-state index contributed by atoms with van der Waals surface area (Å²) in [7, 11) is 0. The van der Waals surface area contributed by atoms with Crippen molar-refractivity contribution in [2.45, 2.75) is 239 Å². The summed E-state index contributed by atoms with van der Waals surface area (Å²) in [6.07, 6.45) is 43.1. The Morgan fingerprint density at radius 3 is 1.40 bits per heavy atom. The lowest BCUT2D eigenvalue weighted by Gasteiger charge is -2.35. The van der Waals surface area contributed by atoms with E-state index in [2.05, 4.69) is 62.9 Å². The minimum Gasteiger partial charge on any atom is -0.489 e. The predicted molar refractivity (Wildman–Crippen MR) is 241 cm³/mol. The molecule has 1 aliphatic rings. The van der Waals surface area contributed by atoms with Crippen LogP contribution < -0.4 is 20.5 Å². The molecule has 0 amide bonds. The third kappa shape index (κ3) is 15.8. The summed E-state index contributed by atoms with van der Waals surface area (Å²) in [4.78, 5) is 28.8. The summed E-state index contributed by atoms with van der Waals surface area (Å²) in [6.45, 7) is 10.5. The molecule has 1 heterocycles. The fourth-order valence-corrected chi connectivity index (χ4v) is 9.10. The highest BCUT2D eigenvalue weighted by molar-refractivity contribution is 5.78. The van der Waals surface area contributed by atoms with Crippen LogP contribution >= 0.6 is 0 Å². The predicted octanol–water partition coefficient (Wildman–Crippen LogP) is 15.3. The van der Waals surface area contributed by atoms with Gasteiger partial charge >= 0.3 is 0 Å². The zero-order valence-electron chi connectivity index (χ0n) is 36.6. The highest BCUT2D eigenvalue weighted by atomic mass is 16.5. The Labute approximate surface area is 339 Å². The van der Waals surface area contributed by atoms with Crippen molar-refractivity contribution in [1.29, 1.82) is 0 Å². The van der Waals surface area contributed by atoms with E-state index in [1.54, 1.807) is 0 Å². The van der Waals surface area contributed by atoms with E-state index < -0.39 is 5.43 Å². The summed E-state index contributed by atoms with van der Waals surface area (Å²) in [5.74, 6) is 0.306. The lowest BCUT2D eigenvalue weighted by atomic mass is 9.71. The van der Waals surface area contributed by atoms with Crippen molar-refractivity contribution in [3.63, 3.8) is 0 Å². The Bertz CT molecular complexity index is 1370. The second-order valence-corrected chi connectivity index (χ2v) is 17.2. The van der Waals surface area contributed by atoms with E-state index >= 15 is 0 Å². The molecule has 2 aromatic carbocycles. The van der Waals surface area contributed by atoms with Gasteiger partial charge in [-0.25, -0.2) is 0 Å². The highest BCUT2D eigenvalue weighted by Gasteiger charge is 2.46. The molecule has 1 aliphatic heterocycles. The van der Waals surface area contributed by atoms with Gasteiger partial charge in [0.05, 0.1) is 12.2 Å². The topological polar surface area (TPSA) is 46.6 Å². The molecule has 1 unspecified atom stereocenters. The third-order valence-corrected chi connectivity index (χ3v) is 12.6. The van der Waals surface area contributed by atoms with Gasteiger partial charge in [-0.15, -0.1) is 0 Å². The molecule has 0 aliphatic carbocycles. The number of anilines is 1. The first kappa shape index (κ1) is 47.0. The van der Waals surface area contributed by atoms with Gasteiger partial charge in [-0.05, 0) is 43.4 Å². The molecule has 0 saturated heterocycles. The lowest BCUT2D eigenvalue weighted by molar-refractivity contribution is 0.302. The van der Waals surface area contributed by atoms with E-state index in [9.17, 15) is 9.59 Å². The summed E-state index contributed by atoms with van der Waals surface area (Å²) in [6, 6.07) is 9.15. The average Bonchev–Trinajstić information content (AvgIpc) is 3.45. The number of ether oxygens (including phenoxy) is 1. The van der Waals surface area contributed by atoms with E-state index in [-0.39, 0.29) is 10.8 Å². The Hall–Kier alpha value is -2.36. The largest absolute Gasteiger partial charge is 0.489 e. The molecule has 4 nitrogen and oxygen atoms in total. The second kappa shape index (κ2) is 28.9. The van der Waals surface area contributed by atoms with Crippen molar-refractivity contribution in [2.24, 2.45) is 0 Å². The lowest BCUT2D eigenvalue weighted by Crippen LogP contribution is -2.37. The van der Waals surface area contributed by atoms with Gasteiger partial charge in [0.2, 0.25) is 5.43 Å². The number of unbranched alkanes of at least 4 members (excludes halogenated alkanes) is 26. The van der Waals surface area contributed by atoms with Gasteiger partial charge in [-0.3, -0.25) is 9.59 Å². The quantitative estimate of drug-likeness (QED) is 0.0513. The molecule has 2 aromatic rings. The maximum Gasteiger partial charge on any atom is 0.268 e. The van der Waals surface area contributed by atoms with Gasteiger partial charge in [0.15, 0.2) is 5.75 Å². The fourth-order valence-electron chi connectivity index (χ4n) is 9.10. The molecule has 0 spiro atoms. The summed E-state index contributed by atoms with van der Waals surface area (Å²) >= 11 is 0. The van der Waals surface area contributed by atoms with Crippen molar-refractivity contribution in [3.8, 4) is 5.75 Å². The Morgan fingerprint density at radius 2 is 0.927 bits per heavy atom. The monoisotopic (exact) mass is 760 g/mol. The smallest absolute Gasteiger partial charge is 0.268 e. The molecule has 1 atom stereocenters.